The Kier molecular flexibility index (Phi) is 5.19. The van der Waals surface area contributed by atoms with Crippen LogP contribution in [0.25, 0.3) is 0 Å². The number of piperidine rings is 1. The second kappa shape index (κ2) is 7.60. The number of fused-ring (bicyclic) bond motifs is 1. The molecule has 2 aliphatic rings. The zero-order valence-electron chi connectivity index (χ0n) is 16.2. The fraction of sp³-hybridized carbons (Fsp3) is 0.524. The number of anilines is 1. The summed E-state index contributed by atoms with van der Waals surface area (Å²) in [4.78, 5) is 23.2. The highest BCUT2D eigenvalue weighted by Crippen LogP contribution is 2.35. The average Bonchev–Trinajstić information content (AvgIpc) is 3.06. The topological polar surface area (TPSA) is 48.5 Å². The van der Waals surface area contributed by atoms with Crippen LogP contribution < -0.4 is 5.32 Å². The molecule has 2 aromatic rings. The molecular formula is C21H28N4OS. The van der Waals surface area contributed by atoms with Gasteiger partial charge in [0.1, 0.15) is 0 Å². The number of para-hydroxylation sites is 1. The van der Waals surface area contributed by atoms with E-state index in [1.54, 1.807) is 11.3 Å². The Morgan fingerprint density at radius 2 is 2.04 bits per heavy atom. The van der Waals surface area contributed by atoms with Gasteiger partial charge in [0.05, 0.1) is 11.2 Å². The van der Waals surface area contributed by atoms with Crippen LogP contribution in [0.3, 0.4) is 0 Å². The highest BCUT2D eigenvalue weighted by Gasteiger charge is 2.39. The lowest BCUT2D eigenvalue weighted by Crippen LogP contribution is -2.53. The van der Waals surface area contributed by atoms with Crippen LogP contribution in [-0.2, 0) is 17.9 Å². The molecule has 1 spiro atoms. The van der Waals surface area contributed by atoms with Crippen molar-refractivity contribution in [3.63, 3.8) is 0 Å². The number of rotatable bonds is 3. The fourth-order valence-corrected chi connectivity index (χ4v) is 5.03. The van der Waals surface area contributed by atoms with Gasteiger partial charge in [0.2, 0.25) is 5.91 Å². The van der Waals surface area contributed by atoms with Crippen LogP contribution in [0, 0.1) is 6.92 Å². The van der Waals surface area contributed by atoms with E-state index in [0.29, 0.717) is 13.0 Å². The SMILES string of the molecule is CCN1Cc2ccccc2NC2(CCN(Cc3scnc3C)CC2)CC1=O. The molecule has 1 amide bonds. The van der Waals surface area contributed by atoms with Gasteiger partial charge in [0, 0.05) is 55.2 Å². The van der Waals surface area contributed by atoms with Crippen molar-refractivity contribution < 1.29 is 4.79 Å². The summed E-state index contributed by atoms with van der Waals surface area (Å²) in [6, 6.07) is 8.45. The van der Waals surface area contributed by atoms with Gasteiger partial charge in [-0.1, -0.05) is 18.2 Å². The Hall–Kier alpha value is -1.92. The molecule has 0 aliphatic carbocycles. The lowest BCUT2D eigenvalue weighted by molar-refractivity contribution is -0.133. The van der Waals surface area contributed by atoms with Crippen LogP contribution in [0.5, 0.6) is 0 Å². The number of aromatic nitrogens is 1. The molecule has 1 fully saturated rings. The Morgan fingerprint density at radius 1 is 1.26 bits per heavy atom. The first-order chi connectivity index (χ1) is 13.1. The second-order valence-electron chi connectivity index (χ2n) is 7.78. The molecule has 1 aromatic heterocycles. The van der Waals surface area contributed by atoms with E-state index in [9.17, 15) is 4.79 Å². The van der Waals surface area contributed by atoms with Gasteiger partial charge in [-0.15, -0.1) is 11.3 Å². The van der Waals surface area contributed by atoms with E-state index in [0.717, 1.165) is 44.7 Å². The number of hydrogen-bond donors (Lipinski definition) is 1. The predicted molar refractivity (Wildman–Crippen MR) is 110 cm³/mol. The number of likely N-dealkylation sites (tertiary alicyclic amines) is 1. The van der Waals surface area contributed by atoms with Gasteiger partial charge < -0.3 is 10.2 Å². The average molecular weight is 385 g/mol. The minimum Gasteiger partial charge on any atom is -0.379 e. The number of nitrogens with zero attached hydrogens (tertiary/aromatic N) is 3. The number of nitrogens with one attached hydrogen (secondary N) is 1. The zero-order valence-corrected chi connectivity index (χ0v) is 17.0. The number of thiazole rings is 1. The molecule has 1 aromatic carbocycles. The minimum absolute atomic E-state index is 0.139. The largest absolute Gasteiger partial charge is 0.379 e. The molecule has 0 saturated carbocycles. The first-order valence-corrected chi connectivity index (χ1v) is 10.7. The highest BCUT2D eigenvalue weighted by atomic mass is 32.1. The van der Waals surface area contributed by atoms with Crippen molar-refractivity contribution in [2.75, 3.05) is 25.0 Å². The Labute approximate surface area is 165 Å². The summed E-state index contributed by atoms with van der Waals surface area (Å²) in [6.07, 6.45) is 2.56. The van der Waals surface area contributed by atoms with Gasteiger partial charge in [-0.2, -0.15) is 0 Å². The van der Waals surface area contributed by atoms with E-state index >= 15 is 0 Å². The van der Waals surface area contributed by atoms with E-state index in [1.807, 2.05) is 10.4 Å². The highest BCUT2D eigenvalue weighted by molar-refractivity contribution is 7.09. The van der Waals surface area contributed by atoms with E-state index in [-0.39, 0.29) is 11.4 Å². The molecule has 5 nitrogen and oxygen atoms in total. The van der Waals surface area contributed by atoms with E-state index in [4.69, 9.17) is 0 Å². The van der Waals surface area contributed by atoms with E-state index in [2.05, 4.69) is 53.3 Å². The van der Waals surface area contributed by atoms with Crippen LogP contribution in [0.1, 0.15) is 42.3 Å². The molecule has 1 saturated heterocycles. The van der Waals surface area contributed by atoms with Gasteiger partial charge in [-0.25, -0.2) is 4.98 Å². The van der Waals surface area contributed by atoms with Crippen molar-refractivity contribution in [1.29, 1.82) is 0 Å². The summed E-state index contributed by atoms with van der Waals surface area (Å²) in [5.41, 5.74) is 5.35. The van der Waals surface area contributed by atoms with Gasteiger partial charge in [0.25, 0.3) is 0 Å². The molecule has 6 heteroatoms. The first-order valence-electron chi connectivity index (χ1n) is 9.84. The molecule has 3 heterocycles. The Morgan fingerprint density at radius 3 is 2.74 bits per heavy atom. The first kappa shape index (κ1) is 18.4. The van der Waals surface area contributed by atoms with Crippen molar-refractivity contribution in [1.82, 2.24) is 14.8 Å². The third kappa shape index (κ3) is 3.87. The maximum Gasteiger partial charge on any atom is 0.225 e. The molecule has 2 aliphatic heterocycles. The number of carbonyl (C=O) groups excluding carboxylic acids is 1. The van der Waals surface area contributed by atoms with Crippen molar-refractivity contribution in [3.05, 3.63) is 45.9 Å². The minimum atomic E-state index is -0.139. The van der Waals surface area contributed by atoms with Crippen molar-refractivity contribution in [2.45, 2.75) is 51.7 Å². The number of amides is 1. The molecule has 0 radical (unpaired) electrons. The lowest BCUT2D eigenvalue weighted by atomic mass is 9.82. The monoisotopic (exact) mass is 384 g/mol. The molecular weight excluding hydrogens is 356 g/mol. The lowest BCUT2D eigenvalue weighted by Gasteiger charge is -2.45. The number of hydrogen-bond acceptors (Lipinski definition) is 5. The number of aryl methyl sites for hydroxylation is 1. The van der Waals surface area contributed by atoms with E-state index in [1.165, 1.54) is 16.1 Å². The Bertz CT molecular complexity index is 810. The summed E-state index contributed by atoms with van der Waals surface area (Å²) < 4.78 is 0. The number of carbonyl (C=O) groups is 1. The molecule has 1 N–H and O–H groups in total. The molecule has 0 atom stereocenters. The molecule has 0 bridgehead atoms. The van der Waals surface area contributed by atoms with Crippen LogP contribution in [0.2, 0.25) is 0 Å². The van der Waals surface area contributed by atoms with Gasteiger partial charge in [-0.3, -0.25) is 9.69 Å². The van der Waals surface area contributed by atoms with Crippen molar-refractivity contribution >= 4 is 22.9 Å². The maximum atomic E-state index is 12.9. The van der Waals surface area contributed by atoms with Gasteiger partial charge >= 0.3 is 0 Å². The van der Waals surface area contributed by atoms with Gasteiger partial charge in [0.15, 0.2) is 0 Å². The molecule has 144 valence electrons. The quantitative estimate of drug-likeness (QED) is 0.878. The normalized spacial score (nSPS) is 20.1. The predicted octanol–water partition coefficient (Wildman–Crippen LogP) is 3.65. The summed E-state index contributed by atoms with van der Waals surface area (Å²) in [5, 5.41) is 3.80. The molecule has 27 heavy (non-hydrogen) atoms. The summed E-state index contributed by atoms with van der Waals surface area (Å²) in [7, 11) is 0. The van der Waals surface area contributed by atoms with Crippen molar-refractivity contribution in [2.24, 2.45) is 0 Å². The van der Waals surface area contributed by atoms with Gasteiger partial charge in [-0.05, 0) is 38.3 Å². The van der Waals surface area contributed by atoms with Crippen molar-refractivity contribution in [3.8, 4) is 0 Å². The summed E-state index contributed by atoms with van der Waals surface area (Å²) in [5.74, 6) is 0.270. The standard InChI is InChI=1S/C21H28N4OS/c1-3-25-13-17-6-4-5-7-18(17)23-21(12-20(25)26)8-10-24(11-9-21)14-19-16(2)22-15-27-19/h4-7,15,23H,3,8-14H2,1-2H3. The van der Waals surface area contributed by atoms with Crippen LogP contribution in [-0.4, -0.2) is 45.9 Å². The number of benzene rings is 1. The fourth-order valence-electron chi connectivity index (χ4n) is 4.22. The Balaban J connectivity index is 1.52. The van der Waals surface area contributed by atoms with Crippen LogP contribution >= 0.6 is 11.3 Å². The van der Waals surface area contributed by atoms with Crippen LogP contribution in [0.4, 0.5) is 5.69 Å². The molecule has 0 unspecified atom stereocenters. The van der Waals surface area contributed by atoms with E-state index < -0.39 is 0 Å². The summed E-state index contributed by atoms with van der Waals surface area (Å²) in [6.45, 7) is 8.60. The third-order valence-electron chi connectivity index (χ3n) is 6.03. The summed E-state index contributed by atoms with van der Waals surface area (Å²) >= 11 is 1.74. The smallest absolute Gasteiger partial charge is 0.225 e. The second-order valence-corrected chi connectivity index (χ2v) is 8.72. The third-order valence-corrected chi connectivity index (χ3v) is 6.95. The maximum absolute atomic E-state index is 12.9. The zero-order chi connectivity index (χ0) is 18.9. The molecule has 4 rings (SSSR count). The van der Waals surface area contributed by atoms with Crippen LogP contribution in [0.15, 0.2) is 29.8 Å².